The number of alkyl halides is 2. The van der Waals surface area contributed by atoms with Crippen LogP contribution in [0.15, 0.2) is 47.0 Å². The number of methoxy groups -OCH3 is 1. The van der Waals surface area contributed by atoms with Crippen molar-refractivity contribution in [2.24, 2.45) is 0 Å². The minimum atomic E-state index is -2.96. The summed E-state index contributed by atoms with van der Waals surface area (Å²) < 4.78 is 45.0. The van der Waals surface area contributed by atoms with Gasteiger partial charge < -0.3 is 18.7 Å². The number of rotatable bonds is 9. The van der Waals surface area contributed by atoms with E-state index in [4.69, 9.17) is 14.0 Å². The summed E-state index contributed by atoms with van der Waals surface area (Å²) in [6.07, 6.45) is 0.436. The zero-order valence-corrected chi connectivity index (χ0v) is 15.7. The fraction of sp³-hybridized carbons (Fsp3) is 0.250. The second-order valence-corrected chi connectivity index (χ2v) is 5.85. The average Bonchev–Trinajstić information content (AvgIpc) is 3.21. The van der Waals surface area contributed by atoms with Gasteiger partial charge in [0.25, 0.3) is 5.89 Å². The van der Waals surface area contributed by atoms with Crippen molar-refractivity contribution in [3.63, 3.8) is 0 Å². The Morgan fingerprint density at radius 1 is 1.14 bits per heavy atom. The minimum absolute atomic E-state index is 0.0256. The van der Waals surface area contributed by atoms with Crippen molar-refractivity contribution in [2.45, 2.75) is 26.6 Å². The van der Waals surface area contributed by atoms with Crippen LogP contribution in [-0.2, 0) is 6.61 Å². The predicted octanol–water partition coefficient (Wildman–Crippen LogP) is 4.52. The molecule has 7 nitrogen and oxygen atoms in total. The zero-order valence-electron chi connectivity index (χ0n) is 15.7. The van der Waals surface area contributed by atoms with E-state index in [2.05, 4.69) is 14.9 Å². The molecule has 1 aromatic heterocycles. The molecule has 0 N–H and O–H groups in total. The lowest BCUT2D eigenvalue weighted by atomic mass is 10.1. The maximum absolute atomic E-state index is 12.4. The summed E-state index contributed by atoms with van der Waals surface area (Å²) in [5, 5.41) is 3.86. The molecule has 0 aliphatic heterocycles. The average molecular weight is 404 g/mol. The number of nitrogens with zero attached hydrogens (tertiary/aromatic N) is 2. The van der Waals surface area contributed by atoms with Crippen molar-refractivity contribution >= 4 is 5.78 Å². The van der Waals surface area contributed by atoms with Gasteiger partial charge in [-0.2, -0.15) is 13.8 Å². The van der Waals surface area contributed by atoms with Crippen LogP contribution >= 0.6 is 0 Å². The maximum Gasteiger partial charge on any atom is 0.387 e. The van der Waals surface area contributed by atoms with Crippen molar-refractivity contribution in [1.82, 2.24) is 10.1 Å². The maximum atomic E-state index is 12.4. The Balaban J connectivity index is 1.67. The highest BCUT2D eigenvalue weighted by atomic mass is 19.3. The molecule has 0 saturated heterocycles. The number of ketones is 1. The number of hydrogen-bond acceptors (Lipinski definition) is 7. The van der Waals surface area contributed by atoms with Crippen LogP contribution in [0.3, 0.4) is 0 Å². The van der Waals surface area contributed by atoms with Crippen LogP contribution in [0.5, 0.6) is 17.2 Å². The van der Waals surface area contributed by atoms with E-state index < -0.39 is 6.61 Å². The van der Waals surface area contributed by atoms with Gasteiger partial charge in [-0.25, -0.2) is 0 Å². The molecular formula is C20H18F2N2O5. The summed E-state index contributed by atoms with van der Waals surface area (Å²) in [6.45, 7) is -1.13. The summed E-state index contributed by atoms with van der Waals surface area (Å²) in [5.41, 5.74) is 1.12. The van der Waals surface area contributed by atoms with Gasteiger partial charge in [0.15, 0.2) is 23.9 Å². The number of carbonyl (C=O) groups excluding carboxylic acids is 1. The molecule has 152 valence electrons. The fourth-order valence-electron chi connectivity index (χ4n) is 2.52. The minimum Gasteiger partial charge on any atom is -0.493 e. The van der Waals surface area contributed by atoms with Gasteiger partial charge in [-0.3, -0.25) is 4.79 Å². The van der Waals surface area contributed by atoms with E-state index in [-0.39, 0.29) is 35.6 Å². The Morgan fingerprint density at radius 2 is 1.90 bits per heavy atom. The quantitative estimate of drug-likeness (QED) is 0.485. The Bertz CT molecular complexity index is 973. The third-order valence-electron chi connectivity index (χ3n) is 3.97. The molecule has 0 aliphatic rings. The number of Topliss-reactive ketones (excluding diaryl/α,β-unsaturated/α-hetero) is 1. The smallest absolute Gasteiger partial charge is 0.387 e. The van der Waals surface area contributed by atoms with Crippen molar-refractivity contribution in [2.75, 3.05) is 7.11 Å². The van der Waals surface area contributed by atoms with Crippen LogP contribution in [0.4, 0.5) is 8.78 Å². The van der Waals surface area contributed by atoms with Crippen LogP contribution in [-0.4, -0.2) is 29.6 Å². The second kappa shape index (κ2) is 9.13. The highest BCUT2D eigenvalue weighted by molar-refractivity contribution is 5.95. The van der Waals surface area contributed by atoms with Gasteiger partial charge in [-0.05, 0) is 42.5 Å². The van der Waals surface area contributed by atoms with Crippen molar-refractivity contribution in [3.8, 4) is 28.6 Å². The molecule has 0 saturated carbocycles. The summed E-state index contributed by atoms with van der Waals surface area (Å²) in [7, 11) is 1.34. The monoisotopic (exact) mass is 404 g/mol. The molecule has 0 bridgehead atoms. The largest absolute Gasteiger partial charge is 0.493 e. The molecular weight excluding hydrogens is 386 g/mol. The van der Waals surface area contributed by atoms with E-state index in [0.717, 1.165) is 0 Å². The third kappa shape index (κ3) is 5.07. The van der Waals surface area contributed by atoms with E-state index in [0.29, 0.717) is 23.3 Å². The highest BCUT2D eigenvalue weighted by Gasteiger charge is 2.15. The van der Waals surface area contributed by atoms with Crippen molar-refractivity contribution in [1.29, 1.82) is 0 Å². The molecule has 0 radical (unpaired) electrons. The Hall–Kier alpha value is -3.49. The normalized spacial score (nSPS) is 10.8. The van der Waals surface area contributed by atoms with Crippen LogP contribution in [0, 0.1) is 0 Å². The number of halogens is 2. The van der Waals surface area contributed by atoms with Gasteiger partial charge in [-0.1, -0.05) is 12.1 Å². The van der Waals surface area contributed by atoms with Gasteiger partial charge in [0.05, 0.1) is 7.11 Å². The summed E-state index contributed by atoms with van der Waals surface area (Å²) in [6, 6.07) is 11.1. The molecule has 0 spiro atoms. The Kier molecular flexibility index (Phi) is 6.38. The first-order valence-electron chi connectivity index (χ1n) is 8.72. The number of carbonyl (C=O) groups is 1. The molecule has 0 fully saturated rings. The molecule has 0 amide bonds. The number of aromatic nitrogens is 2. The first kappa shape index (κ1) is 20.2. The van der Waals surface area contributed by atoms with Gasteiger partial charge >= 0.3 is 6.61 Å². The topological polar surface area (TPSA) is 83.7 Å². The van der Waals surface area contributed by atoms with Gasteiger partial charge in [0.1, 0.15) is 5.75 Å². The number of hydrogen-bond donors (Lipinski definition) is 0. The summed E-state index contributed by atoms with van der Waals surface area (Å²) in [5.74, 6) is 1.09. The molecule has 0 atom stereocenters. The highest BCUT2D eigenvalue weighted by Crippen LogP contribution is 2.32. The molecule has 29 heavy (non-hydrogen) atoms. The van der Waals surface area contributed by atoms with Gasteiger partial charge in [0, 0.05) is 17.5 Å². The first-order valence-corrected chi connectivity index (χ1v) is 8.72. The molecule has 0 unspecified atom stereocenters. The van der Waals surface area contributed by atoms with Crippen LogP contribution in [0.25, 0.3) is 11.4 Å². The lowest BCUT2D eigenvalue weighted by Gasteiger charge is -2.10. The number of ether oxygens (including phenoxy) is 3. The fourth-order valence-corrected chi connectivity index (χ4v) is 2.52. The Labute approximate surface area is 165 Å². The SMILES string of the molecule is CCC(=O)c1ccc(OCc2nc(-c3ccc(OC(F)F)c(OC)c3)no2)cc1. The summed E-state index contributed by atoms with van der Waals surface area (Å²) in [4.78, 5) is 15.9. The van der Waals surface area contributed by atoms with E-state index in [1.807, 2.05) is 0 Å². The third-order valence-corrected chi connectivity index (χ3v) is 3.97. The van der Waals surface area contributed by atoms with Crippen molar-refractivity contribution < 1.29 is 32.3 Å². The summed E-state index contributed by atoms with van der Waals surface area (Å²) >= 11 is 0. The molecule has 3 aromatic rings. The lowest BCUT2D eigenvalue weighted by Crippen LogP contribution is -2.03. The zero-order chi connectivity index (χ0) is 20.8. The molecule has 2 aromatic carbocycles. The molecule has 1 heterocycles. The van der Waals surface area contributed by atoms with E-state index in [1.165, 1.54) is 25.3 Å². The van der Waals surface area contributed by atoms with Crippen molar-refractivity contribution in [3.05, 3.63) is 53.9 Å². The van der Waals surface area contributed by atoms with E-state index in [1.54, 1.807) is 31.2 Å². The van der Waals surface area contributed by atoms with Crippen LogP contribution in [0.2, 0.25) is 0 Å². The number of benzene rings is 2. The second-order valence-electron chi connectivity index (χ2n) is 5.85. The van der Waals surface area contributed by atoms with Gasteiger partial charge in [-0.15, -0.1) is 0 Å². The molecule has 3 rings (SSSR count). The lowest BCUT2D eigenvalue weighted by molar-refractivity contribution is -0.0512. The first-order chi connectivity index (χ1) is 14.0. The Morgan fingerprint density at radius 3 is 2.55 bits per heavy atom. The van der Waals surface area contributed by atoms with Crippen LogP contribution in [0.1, 0.15) is 29.6 Å². The molecule has 0 aliphatic carbocycles. The van der Waals surface area contributed by atoms with E-state index in [9.17, 15) is 13.6 Å². The molecule has 9 heteroatoms. The van der Waals surface area contributed by atoms with Crippen LogP contribution < -0.4 is 14.2 Å². The van der Waals surface area contributed by atoms with Gasteiger partial charge in [0.2, 0.25) is 5.82 Å². The van der Waals surface area contributed by atoms with E-state index >= 15 is 0 Å². The standard InChI is InChI=1S/C20H18F2N2O5/c1-3-15(25)12-4-7-14(8-5-12)27-11-18-23-19(24-29-18)13-6-9-16(28-20(21)22)17(10-13)26-2/h4-10,20H,3,11H2,1-2H3. The predicted molar refractivity (Wildman–Crippen MR) is 98.3 cm³/mol.